The molecule has 0 bridgehead atoms. The number of piperazine rings is 1. The molecule has 0 spiro atoms. The van der Waals surface area contributed by atoms with Crippen LogP contribution in [0.4, 0.5) is 24.5 Å². The first kappa shape index (κ1) is 23.0. The number of hydrogen-bond acceptors (Lipinski definition) is 4. The molecule has 0 aliphatic carbocycles. The number of sulfonamides is 1. The molecule has 1 heterocycles. The number of alkyl halides is 3. The maximum absolute atomic E-state index is 12.9. The summed E-state index contributed by atoms with van der Waals surface area (Å²) in [6.45, 7) is 4.02. The number of rotatable bonds is 5. The number of carbonyl (C=O) groups excluding carboxylic acids is 1. The molecular weight excluding hydrogens is 433 g/mol. The fraction of sp³-hybridized carbons (Fsp3) is 0.350. The van der Waals surface area contributed by atoms with Crippen LogP contribution in [0.15, 0.2) is 53.4 Å². The predicted octanol–water partition coefficient (Wildman–Crippen LogP) is 1.08. The van der Waals surface area contributed by atoms with Crippen LogP contribution in [0.1, 0.15) is 12.5 Å². The maximum atomic E-state index is 12.9. The van der Waals surface area contributed by atoms with E-state index >= 15 is 0 Å². The minimum atomic E-state index is -4.39. The molecule has 0 unspecified atom stereocenters. The van der Waals surface area contributed by atoms with Crippen molar-refractivity contribution in [3.63, 3.8) is 0 Å². The summed E-state index contributed by atoms with van der Waals surface area (Å²) >= 11 is 0. The zero-order valence-corrected chi connectivity index (χ0v) is 17.6. The van der Waals surface area contributed by atoms with E-state index in [1.165, 1.54) is 30.3 Å². The molecule has 1 saturated heterocycles. The molecule has 4 N–H and O–H groups in total. The average Bonchev–Trinajstić information content (AvgIpc) is 2.72. The van der Waals surface area contributed by atoms with E-state index in [2.05, 4.69) is 5.32 Å². The van der Waals surface area contributed by atoms with Crippen LogP contribution in [-0.4, -0.2) is 46.5 Å². The number of halogens is 3. The van der Waals surface area contributed by atoms with E-state index in [-0.39, 0.29) is 16.8 Å². The fourth-order valence-corrected chi connectivity index (χ4v) is 4.04. The lowest BCUT2D eigenvalue weighted by Crippen LogP contribution is -3.19. The van der Waals surface area contributed by atoms with Crippen molar-refractivity contribution in [2.75, 3.05) is 36.4 Å². The van der Waals surface area contributed by atoms with Crippen molar-refractivity contribution < 1.29 is 31.3 Å². The smallest absolute Gasteiger partial charge is 0.360 e. The molecule has 1 atom stereocenters. The average molecular weight is 457 g/mol. The van der Waals surface area contributed by atoms with Gasteiger partial charge in [0.1, 0.15) is 0 Å². The number of nitrogens with two attached hydrogens (primary N) is 1. The van der Waals surface area contributed by atoms with E-state index in [0.29, 0.717) is 37.6 Å². The minimum Gasteiger partial charge on any atom is -0.360 e. The van der Waals surface area contributed by atoms with Crippen molar-refractivity contribution in [1.29, 1.82) is 0 Å². The van der Waals surface area contributed by atoms with Crippen LogP contribution in [0.2, 0.25) is 0 Å². The van der Waals surface area contributed by atoms with E-state index in [1.54, 1.807) is 13.0 Å². The van der Waals surface area contributed by atoms with Gasteiger partial charge in [-0.15, -0.1) is 0 Å². The van der Waals surface area contributed by atoms with Crippen molar-refractivity contribution in [3.8, 4) is 0 Å². The molecule has 168 valence electrons. The Bertz CT molecular complexity index is 1030. The van der Waals surface area contributed by atoms with Gasteiger partial charge in [-0.25, -0.2) is 13.6 Å². The number of anilines is 2. The molecule has 1 fully saturated rings. The number of nitrogens with zero attached hydrogens (tertiary/aromatic N) is 1. The number of primary sulfonamides is 1. The third-order valence-corrected chi connectivity index (χ3v) is 6.33. The maximum Gasteiger partial charge on any atom is 0.416 e. The molecule has 0 radical (unpaired) electrons. The van der Waals surface area contributed by atoms with Crippen molar-refractivity contribution in [1.82, 2.24) is 0 Å². The number of nitrogens with one attached hydrogen (secondary N) is 2. The highest BCUT2D eigenvalue weighted by molar-refractivity contribution is 7.89. The molecule has 1 aliphatic rings. The quantitative estimate of drug-likeness (QED) is 0.626. The van der Waals surface area contributed by atoms with Gasteiger partial charge < -0.3 is 15.1 Å². The number of hydrogen-bond donors (Lipinski definition) is 3. The van der Waals surface area contributed by atoms with Gasteiger partial charge in [-0.2, -0.15) is 13.2 Å². The molecule has 7 nitrogen and oxygen atoms in total. The summed E-state index contributed by atoms with van der Waals surface area (Å²) in [5, 5.41) is 7.81. The van der Waals surface area contributed by atoms with Crippen LogP contribution in [0.25, 0.3) is 0 Å². The normalized spacial score (nSPS) is 16.7. The Kier molecular flexibility index (Phi) is 6.58. The summed E-state index contributed by atoms with van der Waals surface area (Å²) in [6.07, 6.45) is -4.39. The van der Waals surface area contributed by atoms with Crippen molar-refractivity contribution in [3.05, 3.63) is 54.1 Å². The lowest BCUT2D eigenvalue weighted by molar-refractivity contribution is -0.914. The molecule has 0 saturated carbocycles. The Labute approximate surface area is 178 Å². The monoisotopic (exact) mass is 457 g/mol. The molecule has 2 aromatic carbocycles. The predicted molar refractivity (Wildman–Crippen MR) is 110 cm³/mol. The SMILES string of the molecule is C[C@@H](C(=O)Nc1ccc(S(N)(=O)=O)cc1)[NH+]1CCN(c2cccc(C(F)(F)F)c2)CC1. The second kappa shape index (κ2) is 8.85. The summed E-state index contributed by atoms with van der Waals surface area (Å²) in [7, 11) is -3.80. The van der Waals surface area contributed by atoms with Gasteiger partial charge >= 0.3 is 6.18 Å². The van der Waals surface area contributed by atoms with Gasteiger partial charge in [-0.3, -0.25) is 4.79 Å². The third kappa shape index (κ3) is 5.75. The Balaban J connectivity index is 1.57. The highest BCUT2D eigenvalue weighted by Crippen LogP contribution is 2.31. The first-order valence-electron chi connectivity index (χ1n) is 9.65. The van der Waals surface area contributed by atoms with Gasteiger partial charge in [0, 0.05) is 11.4 Å². The van der Waals surface area contributed by atoms with E-state index < -0.39 is 21.8 Å². The van der Waals surface area contributed by atoms with Crippen LogP contribution >= 0.6 is 0 Å². The number of amides is 1. The Hall–Kier alpha value is -2.63. The number of carbonyl (C=O) groups is 1. The molecule has 11 heteroatoms. The van der Waals surface area contributed by atoms with Crippen LogP contribution < -0.4 is 20.3 Å². The highest BCUT2D eigenvalue weighted by atomic mass is 32.2. The Morgan fingerprint density at radius 1 is 1.13 bits per heavy atom. The molecular formula is C20H24F3N4O3S+. The highest BCUT2D eigenvalue weighted by Gasteiger charge is 2.32. The summed E-state index contributed by atoms with van der Waals surface area (Å²) in [5.74, 6) is -0.231. The molecule has 0 aromatic heterocycles. The Morgan fingerprint density at radius 2 is 1.74 bits per heavy atom. The van der Waals surface area contributed by atoms with E-state index in [4.69, 9.17) is 5.14 Å². The van der Waals surface area contributed by atoms with Gasteiger partial charge in [0.2, 0.25) is 10.0 Å². The second-order valence-electron chi connectivity index (χ2n) is 7.47. The lowest BCUT2D eigenvalue weighted by atomic mass is 10.1. The number of benzene rings is 2. The zero-order chi connectivity index (χ0) is 22.8. The fourth-order valence-electron chi connectivity index (χ4n) is 3.53. The van der Waals surface area contributed by atoms with Crippen molar-refractivity contribution in [2.24, 2.45) is 5.14 Å². The standard InChI is InChI=1S/C20H23F3N4O3S/c1-14(19(28)25-16-5-7-18(8-6-16)31(24,29)30)26-9-11-27(12-10-26)17-4-2-3-15(13-17)20(21,22)23/h2-8,13-14H,9-12H2,1H3,(H,25,28)(H2,24,29,30)/p+1/t14-/m0/s1. The number of quaternary nitrogens is 1. The van der Waals surface area contributed by atoms with Crippen LogP contribution in [0.3, 0.4) is 0 Å². The summed E-state index contributed by atoms with van der Waals surface area (Å²) in [4.78, 5) is 15.4. The van der Waals surface area contributed by atoms with Gasteiger partial charge in [-0.1, -0.05) is 6.07 Å². The van der Waals surface area contributed by atoms with Crippen LogP contribution in [0.5, 0.6) is 0 Å². The van der Waals surface area contributed by atoms with Gasteiger partial charge in [0.05, 0.1) is 36.6 Å². The van der Waals surface area contributed by atoms with Crippen LogP contribution in [0, 0.1) is 0 Å². The molecule has 3 rings (SSSR count). The summed E-state index contributed by atoms with van der Waals surface area (Å²) in [5.41, 5.74) is 0.285. The summed E-state index contributed by atoms with van der Waals surface area (Å²) in [6, 6.07) is 10.4. The third-order valence-electron chi connectivity index (χ3n) is 5.40. The zero-order valence-electron chi connectivity index (χ0n) is 16.8. The topological polar surface area (TPSA) is 96.9 Å². The molecule has 1 aliphatic heterocycles. The van der Waals surface area contributed by atoms with Gasteiger partial charge in [0.15, 0.2) is 6.04 Å². The van der Waals surface area contributed by atoms with Gasteiger partial charge in [0.25, 0.3) is 5.91 Å². The second-order valence-corrected chi connectivity index (χ2v) is 9.04. The Morgan fingerprint density at radius 3 is 2.29 bits per heavy atom. The molecule has 31 heavy (non-hydrogen) atoms. The van der Waals surface area contributed by atoms with E-state index in [1.807, 2.05) is 4.90 Å². The van der Waals surface area contributed by atoms with E-state index in [9.17, 15) is 26.4 Å². The van der Waals surface area contributed by atoms with Gasteiger partial charge in [-0.05, 0) is 49.4 Å². The van der Waals surface area contributed by atoms with E-state index in [0.717, 1.165) is 17.0 Å². The molecule has 2 aromatic rings. The largest absolute Gasteiger partial charge is 0.416 e. The lowest BCUT2D eigenvalue weighted by Gasteiger charge is -2.36. The van der Waals surface area contributed by atoms with Crippen molar-refractivity contribution in [2.45, 2.75) is 24.0 Å². The first-order chi connectivity index (χ1) is 14.4. The molecule has 1 amide bonds. The summed E-state index contributed by atoms with van der Waals surface area (Å²) < 4.78 is 61.5. The first-order valence-corrected chi connectivity index (χ1v) is 11.2. The van der Waals surface area contributed by atoms with Crippen LogP contribution in [-0.2, 0) is 21.0 Å². The minimum absolute atomic E-state index is 0.0464. The van der Waals surface area contributed by atoms with Crippen molar-refractivity contribution >= 4 is 27.3 Å².